The molecule has 0 rings (SSSR count). The van der Waals surface area contributed by atoms with Gasteiger partial charge in [0, 0.05) is 19.5 Å². The lowest BCUT2D eigenvalue weighted by atomic mass is 10.0. The average molecular weight is 705 g/mol. The number of rotatable bonds is 41. The van der Waals surface area contributed by atoms with E-state index in [-0.39, 0.29) is 11.9 Å². The highest BCUT2D eigenvalue weighted by Gasteiger charge is 2.20. The molecule has 0 atom stereocenters. The molecular formula is C46H92N2O2. The second kappa shape index (κ2) is 42.4. The van der Waals surface area contributed by atoms with Gasteiger partial charge in [-0.25, -0.2) is 4.79 Å². The van der Waals surface area contributed by atoms with Crippen LogP contribution < -0.4 is 5.32 Å². The molecule has 0 aliphatic heterocycles. The molecule has 0 aliphatic rings. The van der Waals surface area contributed by atoms with Crippen LogP contribution in [0.3, 0.4) is 0 Å². The summed E-state index contributed by atoms with van der Waals surface area (Å²) in [6.45, 7) is 8.11. The third-order valence-corrected chi connectivity index (χ3v) is 10.8. The van der Waals surface area contributed by atoms with Crippen LogP contribution in [0.4, 0.5) is 4.79 Å². The van der Waals surface area contributed by atoms with E-state index in [2.05, 4.69) is 26.1 Å². The Bertz CT molecular complexity index is 681. The van der Waals surface area contributed by atoms with Crippen LogP contribution in [0.25, 0.3) is 0 Å². The first kappa shape index (κ1) is 48.9. The van der Waals surface area contributed by atoms with Crippen LogP contribution in [-0.2, 0) is 4.79 Å². The van der Waals surface area contributed by atoms with Crippen molar-refractivity contribution in [3.05, 3.63) is 0 Å². The molecule has 0 saturated heterocycles. The van der Waals surface area contributed by atoms with Crippen LogP contribution in [0.15, 0.2) is 0 Å². The maximum absolute atomic E-state index is 13.2. The molecule has 3 amide bonds. The van der Waals surface area contributed by atoms with Crippen LogP contribution in [0.5, 0.6) is 0 Å². The normalized spacial score (nSPS) is 11.3. The van der Waals surface area contributed by atoms with Gasteiger partial charge in [-0.2, -0.15) is 0 Å². The zero-order chi connectivity index (χ0) is 36.4. The molecule has 4 heteroatoms. The van der Waals surface area contributed by atoms with E-state index in [1.807, 2.05) is 0 Å². The van der Waals surface area contributed by atoms with Crippen LogP contribution in [0, 0.1) is 0 Å². The number of amides is 3. The number of carbonyl (C=O) groups excluding carboxylic acids is 2. The predicted octanol–water partition coefficient (Wildman–Crippen LogP) is 15.8. The predicted molar refractivity (Wildman–Crippen MR) is 222 cm³/mol. The molecule has 0 aromatic rings. The minimum Gasteiger partial charge on any atom is -0.338 e. The summed E-state index contributed by atoms with van der Waals surface area (Å²) >= 11 is 0. The van der Waals surface area contributed by atoms with Crippen molar-refractivity contribution in [1.29, 1.82) is 0 Å². The van der Waals surface area contributed by atoms with E-state index in [9.17, 15) is 9.59 Å². The molecule has 50 heavy (non-hydrogen) atoms. The molecule has 0 spiro atoms. The topological polar surface area (TPSA) is 49.4 Å². The van der Waals surface area contributed by atoms with Crippen molar-refractivity contribution in [2.75, 3.05) is 13.1 Å². The van der Waals surface area contributed by atoms with Gasteiger partial charge in [0.1, 0.15) is 0 Å². The first-order valence-corrected chi connectivity index (χ1v) is 23.3. The fraction of sp³-hybridized carbons (Fsp3) is 0.957. The van der Waals surface area contributed by atoms with Crippen LogP contribution in [-0.4, -0.2) is 29.9 Å². The highest BCUT2D eigenvalue weighted by molar-refractivity contribution is 5.94. The molecule has 0 aromatic carbocycles. The van der Waals surface area contributed by atoms with Gasteiger partial charge in [-0.05, 0) is 19.3 Å². The first-order chi connectivity index (χ1) is 24.7. The van der Waals surface area contributed by atoms with Crippen molar-refractivity contribution in [1.82, 2.24) is 10.2 Å². The zero-order valence-electron chi connectivity index (χ0n) is 34.8. The van der Waals surface area contributed by atoms with Crippen molar-refractivity contribution < 1.29 is 9.59 Å². The SMILES string of the molecule is CCCCCCCCCCCCCCCCCCCCC(=O)N(CCCCCCCCCCCC)C(=O)NCCCCCCCCCCCC. The van der Waals surface area contributed by atoms with Gasteiger partial charge in [0.2, 0.25) is 5.91 Å². The van der Waals surface area contributed by atoms with E-state index < -0.39 is 0 Å². The smallest absolute Gasteiger partial charge is 0.324 e. The van der Waals surface area contributed by atoms with Crippen LogP contribution >= 0.6 is 0 Å². The lowest BCUT2D eigenvalue weighted by Gasteiger charge is -2.21. The van der Waals surface area contributed by atoms with Gasteiger partial charge < -0.3 is 5.32 Å². The molecule has 0 aliphatic carbocycles. The number of nitrogens with zero attached hydrogens (tertiary/aromatic N) is 1. The quantitative estimate of drug-likeness (QED) is 0.0644. The van der Waals surface area contributed by atoms with Crippen LogP contribution in [0.2, 0.25) is 0 Å². The van der Waals surface area contributed by atoms with Gasteiger partial charge in [-0.1, -0.05) is 245 Å². The van der Waals surface area contributed by atoms with E-state index in [4.69, 9.17) is 0 Å². The summed E-state index contributed by atoms with van der Waals surface area (Å²) in [7, 11) is 0. The third kappa shape index (κ3) is 36.7. The molecule has 1 N–H and O–H groups in total. The highest BCUT2D eigenvalue weighted by atomic mass is 16.2. The molecule has 0 fully saturated rings. The second-order valence-electron chi connectivity index (χ2n) is 15.9. The number of hydrogen-bond donors (Lipinski definition) is 1. The Morgan fingerprint density at radius 3 is 0.920 bits per heavy atom. The summed E-state index contributed by atoms with van der Waals surface area (Å²) in [5.41, 5.74) is 0. The van der Waals surface area contributed by atoms with Gasteiger partial charge in [0.25, 0.3) is 0 Å². The number of hydrogen-bond acceptors (Lipinski definition) is 2. The van der Waals surface area contributed by atoms with E-state index in [1.165, 1.54) is 212 Å². The Kier molecular flexibility index (Phi) is 41.5. The van der Waals surface area contributed by atoms with Crippen molar-refractivity contribution in [3.63, 3.8) is 0 Å². The number of urea groups is 1. The fourth-order valence-electron chi connectivity index (χ4n) is 7.31. The zero-order valence-corrected chi connectivity index (χ0v) is 34.8. The van der Waals surface area contributed by atoms with E-state index >= 15 is 0 Å². The van der Waals surface area contributed by atoms with E-state index in [0.717, 1.165) is 32.1 Å². The molecular weight excluding hydrogens is 613 g/mol. The van der Waals surface area contributed by atoms with Gasteiger partial charge in [-0.15, -0.1) is 0 Å². The highest BCUT2D eigenvalue weighted by Crippen LogP contribution is 2.16. The fourth-order valence-corrected chi connectivity index (χ4v) is 7.31. The molecule has 0 heterocycles. The Morgan fingerprint density at radius 1 is 0.340 bits per heavy atom. The van der Waals surface area contributed by atoms with Gasteiger partial charge in [0.15, 0.2) is 0 Å². The van der Waals surface area contributed by atoms with Crippen molar-refractivity contribution in [2.24, 2.45) is 0 Å². The Balaban J connectivity index is 4.11. The number of imide groups is 1. The molecule has 0 unspecified atom stereocenters. The summed E-state index contributed by atoms with van der Waals surface area (Å²) in [5, 5.41) is 3.10. The third-order valence-electron chi connectivity index (χ3n) is 10.8. The summed E-state index contributed by atoms with van der Waals surface area (Å²) < 4.78 is 0. The van der Waals surface area contributed by atoms with Crippen LogP contribution in [0.1, 0.15) is 271 Å². The lowest BCUT2D eigenvalue weighted by Crippen LogP contribution is -2.44. The second-order valence-corrected chi connectivity index (χ2v) is 15.9. The maximum atomic E-state index is 13.2. The minimum atomic E-state index is -0.149. The lowest BCUT2D eigenvalue weighted by molar-refractivity contribution is -0.128. The summed E-state index contributed by atoms with van der Waals surface area (Å²) in [6, 6.07) is -0.149. The van der Waals surface area contributed by atoms with Gasteiger partial charge >= 0.3 is 6.03 Å². The maximum Gasteiger partial charge on any atom is 0.324 e. The average Bonchev–Trinajstić information content (AvgIpc) is 3.12. The largest absolute Gasteiger partial charge is 0.338 e. The Hall–Kier alpha value is -1.06. The standard InChI is InChI=1S/C46H92N2O2/c1-4-7-10-13-16-19-22-23-24-25-26-27-28-29-30-33-36-39-42-45(49)48(44-41-38-35-32-21-18-15-12-9-6-3)46(50)47-43-40-37-34-31-20-17-14-11-8-5-2/h4-44H2,1-3H3,(H,47,50). The molecule has 0 radical (unpaired) electrons. The molecule has 0 bridgehead atoms. The Morgan fingerprint density at radius 2 is 0.600 bits per heavy atom. The number of unbranched alkanes of at least 4 members (excludes halogenated alkanes) is 35. The van der Waals surface area contributed by atoms with Gasteiger partial charge in [0.05, 0.1) is 0 Å². The summed E-state index contributed by atoms with van der Waals surface area (Å²) in [5.74, 6) is 0.0398. The first-order valence-electron chi connectivity index (χ1n) is 23.3. The Labute approximate surface area is 315 Å². The molecule has 0 saturated carbocycles. The number of carbonyl (C=O) groups is 2. The minimum absolute atomic E-state index is 0.0398. The van der Waals surface area contributed by atoms with Gasteiger partial charge in [-0.3, -0.25) is 9.69 Å². The molecule has 0 aromatic heterocycles. The van der Waals surface area contributed by atoms with Crippen molar-refractivity contribution in [3.8, 4) is 0 Å². The van der Waals surface area contributed by atoms with E-state index in [0.29, 0.717) is 19.5 Å². The molecule has 298 valence electrons. The van der Waals surface area contributed by atoms with Crippen molar-refractivity contribution in [2.45, 2.75) is 271 Å². The number of nitrogens with one attached hydrogen (secondary N) is 1. The van der Waals surface area contributed by atoms with E-state index in [1.54, 1.807) is 4.90 Å². The summed E-state index contributed by atoms with van der Waals surface area (Å²) in [4.78, 5) is 27.9. The summed E-state index contributed by atoms with van der Waals surface area (Å²) in [6.07, 6.45) is 50.3. The van der Waals surface area contributed by atoms with Crippen molar-refractivity contribution >= 4 is 11.9 Å². The molecule has 4 nitrogen and oxygen atoms in total. The monoisotopic (exact) mass is 705 g/mol.